The summed E-state index contributed by atoms with van der Waals surface area (Å²) in [5, 5.41) is 6.72. The number of fused-ring (bicyclic) bond motifs is 1. The minimum atomic E-state index is 0.0549. The van der Waals surface area contributed by atoms with Crippen molar-refractivity contribution in [2.24, 2.45) is 0 Å². The zero-order valence-corrected chi connectivity index (χ0v) is 20.1. The average Bonchev–Trinajstić information content (AvgIpc) is 3.33. The number of carbonyl (C=O) groups is 1. The molecule has 0 aliphatic carbocycles. The fourth-order valence-electron chi connectivity index (χ4n) is 4.24. The molecule has 0 bridgehead atoms. The van der Waals surface area contributed by atoms with E-state index < -0.39 is 0 Å². The van der Waals surface area contributed by atoms with Gasteiger partial charge in [0.05, 0.1) is 18.7 Å². The highest BCUT2D eigenvalue weighted by Gasteiger charge is 2.18. The summed E-state index contributed by atoms with van der Waals surface area (Å²) in [5.74, 6) is 1.16. The summed E-state index contributed by atoms with van der Waals surface area (Å²) in [4.78, 5) is 21.9. The number of carbonyl (C=O) groups excluding carboxylic acids is 1. The monoisotopic (exact) mass is 477 g/mol. The van der Waals surface area contributed by atoms with Crippen LogP contribution in [0, 0.1) is 0 Å². The van der Waals surface area contributed by atoms with E-state index in [0.29, 0.717) is 48.9 Å². The van der Waals surface area contributed by atoms with E-state index in [1.54, 1.807) is 17.1 Å². The maximum absolute atomic E-state index is 13.4. The first-order valence-corrected chi connectivity index (χ1v) is 12.0. The van der Waals surface area contributed by atoms with Crippen LogP contribution in [0.4, 0.5) is 5.82 Å². The van der Waals surface area contributed by atoms with Crippen LogP contribution in [0.25, 0.3) is 22.0 Å². The number of aromatic nitrogens is 4. The SMILES string of the molecule is CCOc1ccc(Cn2cc(C(=O)CCc3ccc4c(N)nccc4c3)c(-c3ccccc3)n2)cn1. The Morgan fingerprint density at radius 3 is 2.61 bits per heavy atom. The molecule has 36 heavy (non-hydrogen) atoms. The van der Waals surface area contributed by atoms with Crippen LogP contribution in [-0.2, 0) is 13.0 Å². The summed E-state index contributed by atoms with van der Waals surface area (Å²) in [5.41, 5.74) is 10.3. The molecule has 3 heterocycles. The van der Waals surface area contributed by atoms with Crippen molar-refractivity contribution in [3.8, 4) is 17.1 Å². The van der Waals surface area contributed by atoms with E-state index in [1.807, 2.05) is 73.8 Å². The van der Waals surface area contributed by atoms with E-state index in [2.05, 4.69) is 16.0 Å². The molecule has 7 heteroatoms. The van der Waals surface area contributed by atoms with Crippen LogP contribution in [0.1, 0.15) is 34.8 Å². The first-order chi connectivity index (χ1) is 17.6. The second-order valence-electron chi connectivity index (χ2n) is 8.57. The van der Waals surface area contributed by atoms with Gasteiger partial charge >= 0.3 is 0 Å². The van der Waals surface area contributed by atoms with Crippen LogP contribution < -0.4 is 10.5 Å². The van der Waals surface area contributed by atoms with Crippen LogP contribution in [0.15, 0.2) is 85.3 Å². The average molecular weight is 478 g/mol. The third kappa shape index (κ3) is 5.10. The Kier molecular flexibility index (Phi) is 6.71. The van der Waals surface area contributed by atoms with Gasteiger partial charge in [0, 0.05) is 42.0 Å². The van der Waals surface area contributed by atoms with Crippen molar-refractivity contribution >= 4 is 22.4 Å². The van der Waals surface area contributed by atoms with Gasteiger partial charge in [-0.2, -0.15) is 5.10 Å². The second-order valence-corrected chi connectivity index (χ2v) is 8.57. The quantitative estimate of drug-likeness (QED) is 0.288. The molecule has 5 aromatic rings. The Hall–Kier alpha value is -4.52. The number of pyridine rings is 2. The van der Waals surface area contributed by atoms with Crippen LogP contribution in [0.3, 0.4) is 0 Å². The first-order valence-electron chi connectivity index (χ1n) is 12.0. The van der Waals surface area contributed by atoms with Crippen molar-refractivity contribution in [2.75, 3.05) is 12.3 Å². The molecule has 0 saturated carbocycles. The summed E-state index contributed by atoms with van der Waals surface area (Å²) in [7, 11) is 0. The van der Waals surface area contributed by atoms with E-state index >= 15 is 0 Å². The second kappa shape index (κ2) is 10.4. The predicted molar refractivity (Wildman–Crippen MR) is 141 cm³/mol. The Bertz CT molecular complexity index is 1490. The van der Waals surface area contributed by atoms with Crippen LogP contribution in [-0.4, -0.2) is 32.1 Å². The molecule has 0 radical (unpaired) electrons. The minimum absolute atomic E-state index is 0.0549. The number of rotatable bonds is 9. The Morgan fingerprint density at radius 1 is 1.00 bits per heavy atom. The molecular formula is C29H27N5O2. The van der Waals surface area contributed by atoms with E-state index in [9.17, 15) is 4.79 Å². The molecule has 0 unspecified atom stereocenters. The number of nitrogens with two attached hydrogens (primary N) is 1. The lowest BCUT2D eigenvalue weighted by Crippen LogP contribution is -2.03. The highest BCUT2D eigenvalue weighted by Crippen LogP contribution is 2.25. The molecule has 0 atom stereocenters. The molecule has 5 rings (SSSR count). The lowest BCUT2D eigenvalue weighted by Gasteiger charge is -2.06. The van der Waals surface area contributed by atoms with Crippen molar-refractivity contribution in [1.82, 2.24) is 19.7 Å². The van der Waals surface area contributed by atoms with Gasteiger partial charge in [-0.3, -0.25) is 9.48 Å². The molecular weight excluding hydrogens is 450 g/mol. The molecule has 3 aromatic heterocycles. The third-order valence-corrected chi connectivity index (χ3v) is 6.04. The van der Waals surface area contributed by atoms with Crippen LogP contribution in [0.2, 0.25) is 0 Å². The van der Waals surface area contributed by atoms with Crippen molar-refractivity contribution in [2.45, 2.75) is 26.3 Å². The number of hydrogen-bond acceptors (Lipinski definition) is 6. The van der Waals surface area contributed by atoms with Crippen LogP contribution >= 0.6 is 0 Å². The van der Waals surface area contributed by atoms with E-state index in [-0.39, 0.29) is 5.78 Å². The summed E-state index contributed by atoms with van der Waals surface area (Å²) in [6.45, 7) is 3.00. The number of ether oxygens (including phenoxy) is 1. The fraction of sp³-hybridized carbons (Fsp3) is 0.172. The number of nitrogen functional groups attached to an aromatic ring is 1. The van der Waals surface area contributed by atoms with Gasteiger partial charge in [0.1, 0.15) is 11.5 Å². The molecule has 0 aliphatic heterocycles. The number of Topliss-reactive ketones (excluding diaryl/α,β-unsaturated/α-hetero) is 1. The van der Waals surface area contributed by atoms with E-state index in [1.165, 1.54) is 0 Å². The van der Waals surface area contributed by atoms with Gasteiger partial charge in [0.25, 0.3) is 0 Å². The number of aryl methyl sites for hydroxylation is 1. The lowest BCUT2D eigenvalue weighted by atomic mass is 9.99. The predicted octanol–water partition coefficient (Wildman–Crippen LogP) is 5.34. The zero-order valence-electron chi connectivity index (χ0n) is 20.1. The highest BCUT2D eigenvalue weighted by atomic mass is 16.5. The highest BCUT2D eigenvalue weighted by molar-refractivity contribution is 6.01. The van der Waals surface area contributed by atoms with Crippen molar-refractivity contribution in [3.63, 3.8) is 0 Å². The van der Waals surface area contributed by atoms with Gasteiger partial charge in [-0.05, 0) is 35.9 Å². The molecule has 180 valence electrons. The third-order valence-electron chi connectivity index (χ3n) is 6.04. The Labute approximate surface area is 209 Å². The van der Waals surface area contributed by atoms with Gasteiger partial charge < -0.3 is 10.5 Å². The van der Waals surface area contributed by atoms with E-state index in [0.717, 1.165) is 27.5 Å². The lowest BCUT2D eigenvalue weighted by molar-refractivity contribution is 0.0983. The Balaban J connectivity index is 1.37. The summed E-state index contributed by atoms with van der Waals surface area (Å²) >= 11 is 0. The maximum atomic E-state index is 13.4. The smallest absolute Gasteiger partial charge is 0.213 e. The van der Waals surface area contributed by atoms with Gasteiger partial charge in [0.15, 0.2) is 5.78 Å². The van der Waals surface area contributed by atoms with E-state index in [4.69, 9.17) is 15.6 Å². The van der Waals surface area contributed by atoms with Gasteiger partial charge in [-0.15, -0.1) is 0 Å². The largest absolute Gasteiger partial charge is 0.478 e. The standard InChI is InChI=1S/C29H27N5O2/c1-2-36-27-13-10-21(17-32-27)18-34-19-25(28(33-34)22-6-4-3-5-7-22)26(35)12-9-20-8-11-24-23(16-20)14-15-31-29(24)30/h3-8,10-11,13-17,19H,2,9,12,18H2,1H3,(H2,30,31). The number of ketones is 1. The number of anilines is 1. The number of nitrogens with zero attached hydrogens (tertiary/aromatic N) is 4. The van der Waals surface area contributed by atoms with Crippen molar-refractivity contribution < 1.29 is 9.53 Å². The molecule has 2 aromatic carbocycles. The zero-order chi connectivity index (χ0) is 24.9. The van der Waals surface area contributed by atoms with Gasteiger partial charge in [0.2, 0.25) is 5.88 Å². The van der Waals surface area contributed by atoms with Gasteiger partial charge in [-0.1, -0.05) is 54.6 Å². The first kappa shape index (κ1) is 23.2. The minimum Gasteiger partial charge on any atom is -0.478 e. The molecule has 0 aliphatic rings. The number of hydrogen-bond donors (Lipinski definition) is 1. The summed E-state index contributed by atoms with van der Waals surface area (Å²) in [6, 6.07) is 21.6. The maximum Gasteiger partial charge on any atom is 0.213 e. The van der Waals surface area contributed by atoms with Crippen molar-refractivity contribution in [3.05, 3.63) is 102 Å². The fourth-order valence-corrected chi connectivity index (χ4v) is 4.24. The molecule has 7 nitrogen and oxygen atoms in total. The normalized spacial score (nSPS) is 11.0. The molecule has 0 saturated heterocycles. The molecule has 2 N–H and O–H groups in total. The Morgan fingerprint density at radius 2 is 1.83 bits per heavy atom. The van der Waals surface area contributed by atoms with Gasteiger partial charge in [-0.25, -0.2) is 9.97 Å². The molecule has 0 fully saturated rings. The molecule has 0 amide bonds. The summed E-state index contributed by atoms with van der Waals surface area (Å²) in [6.07, 6.45) is 6.32. The summed E-state index contributed by atoms with van der Waals surface area (Å²) < 4.78 is 7.23. The number of benzene rings is 2. The van der Waals surface area contributed by atoms with Crippen molar-refractivity contribution in [1.29, 1.82) is 0 Å². The molecule has 0 spiro atoms. The topological polar surface area (TPSA) is 95.9 Å². The van der Waals surface area contributed by atoms with Crippen LogP contribution in [0.5, 0.6) is 5.88 Å².